The highest BCUT2D eigenvalue weighted by molar-refractivity contribution is 5.95. The summed E-state index contributed by atoms with van der Waals surface area (Å²) >= 11 is 0. The van der Waals surface area contributed by atoms with Crippen LogP contribution in [0.3, 0.4) is 0 Å². The molecule has 0 N–H and O–H groups in total. The molecule has 3 aliphatic rings. The first-order valence-corrected chi connectivity index (χ1v) is 11.3. The number of benzene rings is 1. The van der Waals surface area contributed by atoms with Crippen LogP contribution in [-0.4, -0.2) is 48.5 Å². The number of aryl methyl sites for hydroxylation is 1. The molecule has 1 saturated carbocycles. The molecule has 1 aliphatic carbocycles. The molecule has 31 heavy (non-hydrogen) atoms. The van der Waals surface area contributed by atoms with Crippen LogP contribution in [0.2, 0.25) is 0 Å². The van der Waals surface area contributed by atoms with Gasteiger partial charge in [0.25, 0.3) is 5.91 Å². The second kappa shape index (κ2) is 7.98. The highest BCUT2D eigenvalue weighted by atomic mass is 19.1. The maximum Gasteiger partial charge on any atom is 0.256 e. The van der Waals surface area contributed by atoms with Gasteiger partial charge in [0.2, 0.25) is 0 Å². The summed E-state index contributed by atoms with van der Waals surface area (Å²) in [6, 6.07) is 7.17. The molecule has 2 aliphatic heterocycles. The maximum atomic E-state index is 14.8. The molecule has 3 fully saturated rings. The van der Waals surface area contributed by atoms with E-state index in [1.807, 2.05) is 17.2 Å². The molecule has 3 heterocycles. The number of carbonyl (C=O) groups excluding carboxylic acids is 1. The predicted molar refractivity (Wildman–Crippen MR) is 121 cm³/mol. The Morgan fingerprint density at radius 3 is 2.52 bits per heavy atom. The summed E-state index contributed by atoms with van der Waals surface area (Å²) in [4.78, 5) is 23.7. The molecule has 2 saturated heterocycles. The highest BCUT2D eigenvalue weighted by Crippen LogP contribution is 2.40. The number of nitrogens with zero attached hydrogens (tertiary/aromatic N) is 4. The largest absolute Gasteiger partial charge is 0.353 e. The molecular weight excluding hydrogens is 391 g/mol. The van der Waals surface area contributed by atoms with Crippen molar-refractivity contribution in [2.75, 3.05) is 42.5 Å². The SMILES string of the molecule is C=C1CCCN1c1ccc(C(=O)N2CCN(c3ncc(C4CC4)cc3C)CC2)c(F)c1. The first kappa shape index (κ1) is 20.0. The third-order valence-corrected chi connectivity index (χ3v) is 6.71. The topological polar surface area (TPSA) is 39.7 Å². The van der Waals surface area contributed by atoms with Gasteiger partial charge in [-0.1, -0.05) is 12.6 Å². The summed E-state index contributed by atoms with van der Waals surface area (Å²) in [6.45, 7) is 9.54. The van der Waals surface area contributed by atoms with Gasteiger partial charge in [-0.3, -0.25) is 4.79 Å². The van der Waals surface area contributed by atoms with E-state index in [2.05, 4.69) is 24.5 Å². The van der Waals surface area contributed by atoms with Crippen molar-refractivity contribution >= 4 is 17.4 Å². The number of hydrogen-bond acceptors (Lipinski definition) is 4. The van der Waals surface area contributed by atoms with Crippen molar-refractivity contribution in [2.45, 2.75) is 38.5 Å². The van der Waals surface area contributed by atoms with Gasteiger partial charge in [-0.05, 0) is 67.9 Å². The van der Waals surface area contributed by atoms with Crippen LogP contribution in [0.4, 0.5) is 15.9 Å². The summed E-state index contributed by atoms with van der Waals surface area (Å²) in [6.07, 6.45) is 6.51. The monoisotopic (exact) mass is 420 g/mol. The van der Waals surface area contributed by atoms with E-state index in [4.69, 9.17) is 4.98 Å². The summed E-state index contributed by atoms with van der Waals surface area (Å²) < 4.78 is 14.8. The molecule has 0 atom stereocenters. The third kappa shape index (κ3) is 3.91. The molecule has 5 nitrogen and oxygen atoms in total. The number of amides is 1. The zero-order valence-corrected chi connectivity index (χ0v) is 18.1. The lowest BCUT2D eigenvalue weighted by Gasteiger charge is -2.36. The number of rotatable bonds is 4. The smallest absolute Gasteiger partial charge is 0.256 e. The minimum Gasteiger partial charge on any atom is -0.353 e. The summed E-state index contributed by atoms with van der Waals surface area (Å²) in [7, 11) is 0. The Labute approximate surface area is 183 Å². The first-order chi connectivity index (χ1) is 15.0. The van der Waals surface area contributed by atoms with E-state index in [0.717, 1.165) is 36.6 Å². The maximum absolute atomic E-state index is 14.8. The van der Waals surface area contributed by atoms with Crippen LogP contribution < -0.4 is 9.80 Å². The fraction of sp³-hybridized carbons (Fsp3) is 0.440. The Bertz CT molecular complexity index is 1020. The number of hydrogen-bond donors (Lipinski definition) is 0. The van der Waals surface area contributed by atoms with E-state index in [0.29, 0.717) is 32.1 Å². The van der Waals surface area contributed by atoms with E-state index in [1.54, 1.807) is 11.0 Å². The van der Waals surface area contributed by atoms with Crippen LogP contribution >= 0.6 is 0 Å². The molecular formula is C25H29FN4O. The van der Waals surface area contributed by atoms with Crippen LogP contribution in [-0.2, 0) is 0 Å². The van der Waals surface area contributed by atoms with Gasteiger partial charge in [0.15, 0.2) is 0 Å². The number of anilines is 2. The van der Waals surface area contributed by atoms with Crippen molar-refractivity contribution in [3.05, 3.63) is 65.2 Å². The van der Waals surface area contributed by atoms with Gasteiger partial charge in [-0.25, -0.2) is 9.37 Å². The lowest BCUT2D eigenvalue weighted by atomic mass is 10.1. The van der Waals surface area contributed by atoms with Crippen molar-refractivity contribution in [1.82, 2.24) is 9.88 Å². The van der Waals surface area contributed by atoms with Gasteiger partial charge >= 0.3 is 0 Å². The van der Waals surface area contributed by atoms with Gasteiger partial charge in [0.1, 0.15) is 11.6 Å². The first-order valence-electron chi connectivity index (χ1n) is 11.3. The Hall–Kier alpha value is -2.89. The molecule has 1 aromatic carbocycles. The molecule has 1 aromatic heterocycles. The summed E-state index contributed by atoms with van der Waals surface area (Å²) in [5, 5.41) is 0. The number of carbonyl (C=O) groups is 1. The van der Waals surface area contributed by atoms with Crippen molar-refractivity contribution in [3.63, 3.8) is 0 Å². The normalized spacial score (nSPS) is 19.3. The van der Waals surface area contributed by atoms with E-state index in [-0.39, 0.29) is 11.5 Å². The average molecular weight is 421 g/mol. The van der Waals surface area contributed by atoms with Crippen molar-refractivity contribution in [1.29, 1.82) is 0 Å². The van der Waals surface area contributed by atoms with Crippen molar-refractivity contribution in [3.8, 4) is 0 Å². The molecule has 5 rings (SSSR count). The van der Waals surface area contributed by atoms with E-state index >= 15 is 0 Å². The highest BCUT2D eigenvalue weighted by Gasteiger charge is 2.28. The van der Waals surface area contributed by atoms with Crippen molar-refractivity contribution < 1.29 is 9.18 Å². The minimum atomic E-state index is -0.460. The molecule has 2 aromatic rings. The molecule has 162 valence electrons. The van der Waals surface area contributed by atoms with Gasteiger partial charge < -0.3 is 14.7 Å². The molecule has 1 amide bonds. The Balaban J connectivity index is 1.24. The number of piperazine rings is 1. The number of halogens is 1. The van der Waals surface area contributed by atoms with Gasteiger partial charge in [-0.2, -0.15) is 0 Å². The van der Waals surface area contributed by atoms with Crippen LogP contribution in [0, 0.1) is 12.7 Å². The molecule has 0 unspecified atom stereocenters. The summed E-state index contributed by atoms with van der Waals surface area (Å²) in [5.41, 5.74) is 4.45. The average Bonchev–Trinajstić information content (AvgIpc) is 3.54. The number of aromatic nitrogens is 1. The molecule has 0 bridgehead atoms. The lowest BCUT2D eigenvalue weighted by molar-refractivity contribution is 0.0742. The van der Waals surface area contributed by atoms with Gasteiger partial charge in [0.05, 0.1) is 5.56 Å². The lowest BCUT2D eigenvalue weighted by Crippen LogP contribution is -2.49. The van der Waals surface area contributed by atoms with Gasteiger partial charge in [0, 0.05) is 50.3 Å². The fourth-order valence-corrected chi connectivity index (χ4v) is 4.74. The van der Waals surface area contributed by atoms with E-state index in [9.17, 15) is 9.18 Å². The third-order valence-electron chi connectivity index (χ3n) is 6.71. The second-order valence-corrected chi connectivity index (χ2v) is 8.95. The minimum absolute atomic E-state index is 0.144. The Morgan fingerprint density at radius 2 is 1.90 bits per heavy atom. The van der Waals surface area contributed by atoms with E-state index in [1.165, 1.54) is 30.0 Å². The molecule has 0 radical (unpaired) electrons. The van der Waals surface area contributed by atoms with Crippen LogP contribution in [0.25, 0.3) is 0 Å². The molecule has 0 spiro atoms. The number of pyridine rings is 1. The zero-order chi connectivity index (χ0) is 21.5. The van der Waals surface area contributed by atoms with Gasteiger partial charge in [-0.15, -0.1) is 0 Å². The van der Waals surface area contributed by atoms with Crippen LogP contribution in [0.1, 0.15) is 53.1 Å². The quantitative estimate of drug-likeness (QED) is 0.731. The molecule has 6 heteroatoms. The standard InChI is InChI=1S/C25H29FN4O/c1-17-14-20(19-5-6-19)16-27-24(17)28-10-12-29(13-11-28)25(31)22-8-7-21(15-23(22)26)30-9-3-4-18(30)2/h7-8,14-16,19H,2-6,9-13H2,1H3. The Kier molecular flexibility index (Phi) is 5.16. The van der Waals surface area contributed by atoms with E-state index < -0.39 is 5.82 Å². The summed E-state index contributed by atoms with van der Waals surface area (Å²) in [5.74, 6) is 0.993. The van der Waals surface area contributed by atoms with Crippen LogP contribution in [0.5, 0.6) is 0 Å². The van der Waals surface area contributed by atoms with Crippen molar-refractivity contribution in [2.24, 2.45) is 0 Å². The predicted octanol–water partition coefficient (Wildman–Crippen LogP) is 4.48. The zero-order valence-electron chi connectivity index (χ0n) is 18.1. The fourth-order valence-electron chi connectivity index (χ4n) is 4.74. The Morgan fingerprint density at radius 1 is 1.13 bits per heavy atom. The second-order valence-electron chi connectivity index (χ2n) is 8.95. The van der Waals surface area contributed by atoms with Crippen LogP contribution in [0.15, 0.2) is 42.7 Å². The number of allylic oxidation sites excluding steroid dienone is 1.